The number of aliphatic carboxylic acids is 1. The van der Waals surface area contributed by atoms with Gasteiger partial charge in [-0.2, -0.15) is 0 Å². The first kappa shape index (κ1) is 15.5. The van der Waals surface area contributed by atoms with Crippen LogP contribution in [-0.2, 0) is 14.8 Å². The van der Waals surface area contributed by atoms with Crippen molar-refractivity contribution in [1.29, 1.82) is 0 Å². The molecule has 0 aliphatic heterocycles. The fourth-order valence-electron chi connectivity index (χ4n) is 1.85. The van der Waals surface area contributed by atoms with E-state index in [9.17, 15) is 13.2 Å². The molecule has 8 heteroatoms. The van der Waals surface area contributed by atoms with Crippen LogP contribution >= 0.6 is 11.6 Å². The van der Waals surface area contributed by atoms with E-state index in [1.165, 1.54) is 0 Å². The molecule has 0 saturated carbocycles. The number of carboxylic acids is 1. The minimum Gasteiger partial charge on any atom is -0.480 e. The highest BCUT2D eigenvalue weighted by atomic mass is 35.5. The number of nitrogens with one attached hydrogen (secondary N) is 1. The Labute approximate surface area is 126 Å². The van der Waals surface area contributed by atoms with Gasteiger partial charge in [-0.25, -0.2) is 8.42 Å². The Kier molecular flexibility index (Phi) is 4.06. The van der Waals surface area contributed by atoms with Crippen molar-refractivity contribution in [2.45, 2.75) is 19.1 Å². The lowest BCUT2D eigenvalue weighted by Crippen LogP contribution is -2.32. The zero-order valence-electron chi connectivity index (χ0n) is 11.3. The summed E-state index contributed by atoms with van der Waals surface area (Å²) in [6.45, 7) is 2.90. The summed E-state index contributed by atoms with van der Waals surface area (Å²) in [5.74, 6) is -1.44. The Bertz CT molecular complexity index is 820. The molecule has 0 radical (unpaired) electrons. The van der Waals surface area contributed by atoms with E-state index in [0.29, 0.717) is 10.9 Å². The van der Waals surface area contributed by atoms with Crippen LogP contribution in [0, 0.1) is 6.92 Å². The number of sulfonamides is 1. The molecular formula is C13H13ClN2O4S. The van der Waals surface area contributed by atoms with Gasteiger partial charge in [0.2, 0.25) is 10.0 Å². The summed E-state index contributed by atoms with van der Waals surface area (Å²) in [7, 11) is -4.10. The highest BCUT2D eigenvalue weighted by molar-refractivity contribution is 7.94. The third-order valence-electron chi connectivity index (χ3n) is 3.09. The van der Waals surface area contributed by atoms with Gasteiger partial charge >= 0.3 is 5.97 Å². The molecule has 2 aromatic rings. The Morgan fingerprint density at radius 2 is 2.14 bits per heavy atom. The summed E-state index contributed by atoms with van der Waals surface area (Å²) >= 11 is 6.10. The van der Waals surface area contributed by atoms with Gasteiger partial charge in [-0.15, -0.1) is 0 Å². The standard InChI is InChI=1S/C13H13ClN2O4S/c1-7-6-10(14)12(9-4-3-5-15-11(7)9)16-21(19,20)8(2)13(17)18/h3-6,8,16H,1-2H3,(H,17,18). The lowest BCUT2D eigenvalue weighted by molar-refractivity contribution is -0.136. The molecule has 1 aromatic heterocycles. The molecule has 0 bridgehead atoms. The molecule has 0 aliphatic carbocycles. The summed E-state index contributed by atoms with van der Waals surface area (Å²) < 4.78 is 26.4. The van der Waals surface area contributed by atoms with Gasteiger partial charge in [0, 0.05) is 11.6 Å². The average Bonchev–Trinajstić information content (AvgIpc) is 2.42. The summed E-state index contributed by atoms with van der Waals surface area (Å²) in [6, 6.07) is 4.90. The molecule has 1 atom stereocenters. The summed E-state index contributed by atoms with van der Waals surface area (Å²) in [4.78, 5) is 15.1. The molecule has 0 fully saturated rings. The number of hydrogen-bond acceptors (Lipinski definition) is 4. The van der Waals surface area contributed by atoms with E-state index >= 15 is 0 Å². The molecule has 0 amide bonds. The molecule has 1 heterocycles. The van der Waals surface area contributed by atoms with E-state index in [-0.39, 0.29) is 10.7 Å². The number of aromatic nitrogens is 1. The number of halogens is 1. The first-order valence-corrected chi connectivity index (χ1v) is 7.94. The maximum absolute atomic E-state index is 12.1. The third kappa shape index (κ3) is 2.93. The van der Waals surface area contributed by atoms with Crippen LogP contribution in [0.15, 0.2) is 24.4 Å². The molecule has 0 spiro atoms. The molecule has 6 nitrogen and oxygen atoms in total. The van der Waals surface area contributed by atoms with Crippen molar-refractivity contribution in [3.63, 3.8) is 0 Å². The van der Waals surface area contributed by atoms with Gasteiger partial charge in [-0.1, -0.05) is 11.6 Å². The van der Waals surface area contributed by atoms with E-state index in [4.69, 9.17) is 16.7 Å². The fraction of sp³-hybridized carbons (Fsp3) is 0.231. The number of fused-ring (bicyclic) bond motifs is 1. The molecule has 2 N–H and O–H groups in total. The molecule has 1 aromatic carbocycles. The van der Waals surface area contributed by atoms with Gasteiger partial charge in [0.25, 0.3) is 0 Å². The van der Waals surface area contributed by atoms with Crippen LogP contribution in [0.1, 0.15) is 12.5 Å². The van der Waals surface area contributed by atoms with Gasteiger partial charge < -0.3 is 5.11 Å². The second-order valence-corrected chi connectivity index (χ2v) is 6.99. The highest BCUT2D eigenvalue weighted by Gasteiger charge is 2.29. The van der Waals surface area contributed by atoms with Gasteiger partial charge in [0.15, 0.2) is 5.25 Å². The highest BCUT2D eigenvalue weighted by Crippen LogP contribution is 2.33. The van der Waals surface area contributed by atoms with Crippen LogP contribution < -0.4 is 4.72 Å². The lowest BCUT2D eigenvalue weighted by Gasteiger charge is -2.15. The van der Waals surface area contributed by atoms with Crippen molar-refractivity contribution in [2.24, 2.45) is 0 Å². The van der Waals surface area contributed by atoms with Crippen molar-refractivity contribution in [1.82, 2.24) is 4.98 Å². The Balaban J connectivity index is 2.61. The van der Waals surface area contributed by atoms with Crippen molar-refractivity contribution in [3.05, 3.63) is 35.0 Å². The topological polar surface area (TPSA) is 96.4 Å². The normalized spacial score (nSPS) is 13.1. The van der Waals surface area contributed by atoms with E-state index < -0.39 is 21.2 Å². The lowest BCUT2D eigenvalue weighted by atomic mass is 10.1. The first-order chi connectivity index (χ1) is 9.74. The molecule has 112 valence electrons. The summed E-state index contributed by atoms with van der Waals surface area (Å²) in [6.07, 6.45) is 1.58. The Hall–Kier alpha value is -1.86. The van der Waals surface area contributed by atoms with Crippen LogP contribution in [0.3, 0.4) is 0 Å². The maximum atomic E-state index is 12.1. The monoisotopic (exact) mass is 328 g/mol. The van der Waals surface area contributed by atoms with Crippen LogP contribution in [0.2, 0.25) is 5.02 Å². The third-order valence-corrected chi connectivity index (χ3v) is 5.01. The smallest absolute Gasteiger partial charge is 0.323 e. The number of benzene rings is 1. The van der Waals surface area contributed by atoms with Crippen molar-refractivity contribution in [3.8, 4) is 0 Å². The number of aryl methyl sites for hydroxylation is 1. The average molecular weight is 329 g/mol. The van der Waals surface area contributed by atoms with Crippen molar-refractivity contribution in [2.75, 3.05) is 4.72 Å². The first-order valence-electron chi connectivity index (χ1n) is 6.02. The molecule has 21 heavy (non-hydrogen) atoms. The summed E-state index contributed by atoms with van der Waals surface area (Å²) in [5.41, 5.74) is 1.53. The van der Waals surface area contributed by atoms with Gasteiger partial charge in [-0.05, 0) is 37.6 Å². The quantitative estimate of drug-likeness (QED) is 0.898. The minimum absolute atomic E-state index is 0.137. The van der Waals surface area contributed by atoms with E-state index in [2.05, 4.69) is 9.71 Å². The predicted octanol–water partition coefficient (Wildman–Crippen LogP) is 2.41. The Morgan fingerprint density at radius 3 is 2.76 bits per heavy atom. The minimum atomic E-state index is -4.10. The number of nitrogens with zero attached hydrogens (tertiary/aromatic N) is 1. The van der Waals surface area contributed by atoms with E-state index in [0.717, 1.165) is 12.5 Å². The van der Waals surface area contributed by atoms with Crippen LogP contribution in [0.5, 0.6) is 0 Å². The molecule has 1 unspecified atom stereocenters. The van der Waals surface area contributed by atoms with Gasteiger partial charge in [-0.3, -0.25) is 14.5 Å². The maximum Gasteiger partial charge on any atom is 0.323 e. The van der Waals surface area contributed by atoms with Crippen LogP contribution in [0.4, 0.5) is 5.69 Å². The van der Waals surface area contributed by atoms with Gasteiger partial charge in [0.1, 0.15) is 0 Å². The molecule has 0 saturated heterocycles. The number of carbonyl (C=O) groups is 1. The van der Waals surface area contributed by atoms with Crippen LogP contribution in [0.25, 0.3) is 10.9 Å². The fourth-order valence-corrected chi connectivity index (χ4v) is 3.16. The second-order valence-electron chi connectivity index (χ2n) is 4.58. The van der Waals surface area contributed by atoms with Gasteiger partial charge in [0.05, 0.1) is 16.2 Å². The number of pyridine rings is 1. The molecular weight excluding hydrogens is 316 g/mol. The Morgan fingerprint density at radius 1 is 1.48 bits per heavy atom. The zero-order valence-corrected chi connectivity index (χ0v) is 12.9. The van der Waals surface area contributed by atoms with E-state index in [1.54, 1.807) is 31.3 Å². The zero-order chi connectivity index (χ0) is 15.8. The van der Waals surface area contributed by atoms with Crippen LogP contribution in [-0.4, -0.2) is 29.7 Å². The largest absolute Gasteiger partial charge is 0.480 e. The van der Waals surface area contributed by atoms with E-state index in [1.807, 2.05) is 0 Å². The molecule has 0 aliphatic rings. The number of anilines is 1. The predicted molar refractivity (Wildman–Crippen MR) is 81.1 cm³/mol. The number of rotatable bonds is 4. The van der Waals surface area contributed by atoms with Crippen molar-refractivity contribution < 1.29 is 18.3 Å². The molecule has 2 rings (SSSR count). The second kappa shape index (κ2) is 5.50. The number of hydrogen-bond donors (Lipinski definition) is 2. The summed E-state index contributed by atoms with van der Waals surface area (Å²) in [5, 5.41) is 7.97. The SMILES string of the molecule is Cc1cc(Cl)c(NS(=O)(=O)C(C)C(=O)O)c2cccnc12. The number of carboxylic acid groups (broad SMARTS) is 1. The van der Waals surface area contributed by atoms with Crippen molar-refractivity contribution >= 4 is 44.2 Å².